The summed E-state index contributed by atoms with van der Waals surface area (Å²) in [6, 6.07) is 3.54. The third-order valence-electron chi connectivity index (χ3n) is 6.12. The molecule has 2 saturated heterocycles. The molecule has 1 aliphatic carbocycles. The van der Waals surface area contributed by atoms with Crippen molar-refractivity contribution in [3.63, 3.8) is 0 Å². The standard InChI is InChI=1S/C19H31N5/c1-15(2)23-8-10-24(11-9-23)18-13-22(14-18)12-17-6-7-20-19(21-17)16-4-3-5-16/h6-7,15-16,18H,3-5,8-14H2,1-2H3. The second-order valence-electron chi connectivity index (χ2n) is 8.05. The molecule has 2 aliphatic heterocycles. The summed E-state index contributed by atoms with van der Waals surface area (Å²) >= 11 is 0. The van der Waals surface area contributed by atoms with Gasteiger partial charge in [-0.15, -0.1) is 0 Å². The van der Waals surface area contributed by atoms with Crippen LogP contribution in [0.15, 0.2) is 12.3 Å². The zero-order valence-corrected chi connectivity index (χ0v) is 15.2. The van der Waals surface area contributed by atoms with E-state index >= 15 is 0 Å². The molecule has 1 saturated carbocycles. The van der Waals surface area contributed by atoms with E-state index in [9.17, 15) is 0 Å². The van der Waals surface area contributed by atoms with Crippen LogP contribution in [0.1, 0.15) is 50.5 Å². The van der Waals surface area contributed by atoms with Gasteiger partial charge in [-0.2, -0.15) is 0 Å². The lowest BCUT2D eigenvalue weighted by Gasteiger charge is -2.48. The lowest BCUT2D eigenvalue weighted by atomic mass is 9.85. The Morgan fingerprint density at radius 1 is 1.12 bits per heavy atom. The third-order valence-corrected chi connectivity index (χ3v) is 6.12. The maximum Gasteiger partial charge on any atom is 0.131 e. The van der Waals surface area contributed by atoms with Crippen LogP contribution in [0.3, 0.4) is 0 Å². The predicted octanol–water partition coefficient (Wildman–Crippen LogP) is 1.95. The van der Waals surface area contributed by atoms with Crippen LogP contribution < -0.4 is 0 Å². The Bertz CT molecular complexity index is 542. The third kappa shape index (κ3) is 3.48. The van der Waals surface area contributed by atoms with E-state index < -0.39 is 0 Å². The van der Waals surface area contributed by atoms with Gasteiger partial charge in [-0.25, -0.2) is 9.97 Å². The number of likely N-dealkylation sites (tertiary alicyclic amines) is 1. The summed E-state index contributed by atoms with van der Waals surface area (Å²) in [7, 11) is 0. The number of nitrogens with zero attached hydrogens (tertiary/aromatic N) is 5. The fourth-order valence-electron chi connectivity index (χ4n) is 4.11. The average molecular weight is 329 g/mol. The summed E-state index contributed by atoms with van der Waals surface area (Å²) in [4.78, 5) is 17.1. The Labute approximate surface area is 146 Å². The van der Waals surface area contributed by atoms with Crippen molar-refractivity contribution >= 4 is 0 Å². The van der Waals surface area contributed by atoms with Gasteiger partial charge in [0.05, 0.1) is 5.69 Å². The number of rotatable bonds is 5. The Hall–Kier alpha value is -1.04. The minimum absolute atomic E-state index is 0.631. The lowest BCUT2D eigenvalue weighted by molar-refractivity contribution is -0.00466. The largest absolute Gasteiger partial charge is 0.298 e. The van der Waals surface area contributed by atoms with Gasteiger partial charge in [-0.05, 0) is 32.8 Å². The van der Waals surface area contributed by atoms with Gasteiger partial charge in [0.15, 0.2) is 0 Å². The van der Waals surface area contributed by atoms with E-state index in [1.54, 1.807) is 0 Å². The summed E-state index contributed by atoms with van der Waals surface area (Å²) in [5.74, 6) is 1.71. The normalized spacial score (nSPS) is 25.0. The molecule has 3 heterocycles. The molecule has 1 aromatic rings. The van der Waals surface area contributed by atoms with Gasteiger partial charge in [0.1, 0.15) is 5.82 Å². The molecule has 5 nitrogen and oxygen atoms in total. The van der Waals surface area contributed by atoms with Crippen molar-refractivity contribution in [2.45, 2.75) is 57.7 Å². The van der Waals surface area contributed by atoms with Gasteiger partial charge < -0.3 is 0 Å². The highest BCUT2D eigenvalue weighted by Crippen LogP contribution is 2.34. The summed E-state index contributed by atoms with van der Waals surface area (Å²) in [5.41, 5.74) is 1.20. The molecule has 0 amide bonds. The molecule has 0 atom stereocenters. The minimum Gasteiger partial charge on any atom is -0.298 e. The minimum atomic E-state index is 0.631. The van der Waals surface area contributed by atoms with Crippen LogP contribution in [0.5, 0.6) is 0 Å². The van der Waals surface area contributed by atoms with Gasteiger partial charge in [0, 0.05) is 70.0 Å². The van der Waals surface area contributed by atoms with Crippen molar-refractivity contribution in [1.29, 1.82) is 0 Å². The van der Waals surface area contributed by atoms with Crippen molar-refractivity contribution in [2.75, 3.05) is 39.3 Å². The van der Waals surface area contributed by atoms with Crippen LogP contribution >= 0.6 is 0 Å². The van der Waals surface area contributed by atoms with Crippen LogP contribution in [-0.4, -0.2) is 76.0 Å². The molecule has 0 aromatic carbocycles. The Morgan fingerprint density at radius 3 is 2.50 bits per heavy atom. The number of aromatic nitrogens is 2. The Kier molecular flexibility index (Phi) is 4.83. The first-order chi connectivity index (χ1) is 11.7. The van der Waals surface area contributed by atoms with E-state index in [0.29, 0.717) is 12.0 Å². The highest BCUT2D eigenvalue weighted by Gasteiger charge is 2.34. The van der Waals surface area contributed by atoms with Gasteiger partial charge in [-0.1, -0.05) is 6.42 Å². The second kappa shape index (κ2) is 7.06. The van der Waals surface area contributed by atoms with E-state index in [-0.39, 0.29) is 0 Å². The zero-order valence-electron chi connectivity index (χ0n) is 15.2. The molecule has 0 radical (unpaired) electrons. The molecule has 1 aromatic heterocycles. The van der Waals surface area contributed by atoms with Crippen LogP contribution in [0, 0.1) is 0 Å². The summed E-state index contributed by atoms with van der Waals surface area (Å²) in [6.45, 7) is 12.9. The Balaban J connectivity index is 1.23. The highest BCUT2D eigenvalue weighted by atomic mass is 15.4. The molecular formula is C19H31N5. The number of hydrogen-bond acceptors (Lipinski definition) is 5. The molecule has 5 heteroatoms. The van der Waals surface area contributed by atoms with Crippen molar-refractivity contribution in [3.05, 3.63) is 23.8 Å². The van der Waals surface area contributed by atoms with Crippen molar-refractivity contribution in [2.24, 2.45) is 0 Å². The van der Waals surface area contributed by atoms with Crippen LogP contribution in [0.2, 0.25) is 0 Å². The maximum atomic E-state index is 4.81. The summed E-state index contributed by atoms with van der Waals surface area (Å²) in [5, 5.41) is 0. The van der Waals surface area contributed by atoms with Crippen molar-refractivity contribution < 1.29 is 0 Å². The van der Waals surface area contributed by atoms with E-state index in [1.165, 1.54) is 64.2 Å². The Morgan fingerprint density at radius 2 is 1.88 bits per heavy atom. The highest BCUT2D eigenvalue weighted by molar-refractivity contribution is 5.08. The number of piperazine rings is 1. The lowest BCUT2D eigenvalue weighted by Crippen LogP contribution is -2.63. The fraction of sp³-hybridized carbons (Fsp3) is 0.789. The van der Waals surface area contributed by atoms with Crippen molar-refractivity contribution in [1.82, 2.24) is 24.7 Å². The van der Waals surface area contributed by atoms with Gasteiger partial charge >= 0.3 is 0 Å². The predicted molar refractivity (Wildman–Crippen MR) is 96.0 cm³/mol. The second-order valence-corrected chi connectivity index (χ2v) is 8.05. The molecule has 3 aliphatic rings. The zero-order chi connectivity index (χ0) is 16.5. The SMILES string of the molecule is CC(C)N1CCN(C2CN(Cc3ccnc(C4CCC4)n3)C2)CC1. The molecular weight excluding hydrogens is 298 g/mol. The first-order valence-electron chi connectivity index (χ1n) is 9.71. The summed E-state index contributed by atoms with van der Waals surface area (Å²) < 4.78 is 0. The monoisotopic (exact) mass is 329 g/mol. The van der Waals surface area contributed by atoms with E-state index in [2.05, 4.69) is 39.6 Å². The molecule has 0 N–H and O–H groups in total. The van der Waals surface area contributed by atoms with E-state index in [1.807, 2.05) is 6.20 Å². The van der Waals surface area contributed by atoms with Gasteiger partial charge in [0.25, 0.3) is 0 Å². The van der Waals surface area contributed by atoms with Crippen molar-refractivity contribution in [3.8, 4) is 0 Å². The quantitative estimate of drug-likeness (QED) is 0.825. The topological polar surface area (TPSA) is 35.5 Å². The van der Waals surface area contributed by atoms with Gasteiger partial charge in [-0.3, -0.25) is 14.7 Å². The van der Waals surface area contributed by atoms with Crippen LogP contribution in [-0.2, 0) is 6.54 Å². The smallest absolute Gasteiger partial charge is 0.131 e. The number of hydrogen-bond donors (Lipinski definition) is 0. The first-order valence-corrected chi connectivity index (χ1v) is 9.71. The molecule has 0 bridgehead atoms. The molecule has 0 unspecified atom stereocenters. The molecule has 4 rings (SSSR count). The van der Waals surface area contributed by atoms with Gasteiger partial charge in [0.2, 0.25) is 0 Å². The van der Waals surface area contributed by atoms with Crippen LogP contribution in [0.25, 0.3) is 0 Å². The van der Waals surface area contributed by atoms with E-state index in [4.69, 9.17) is 4.98 Å². The van der Waals surface area contributed by atoms with E-state index in [0.717, 1.165) is 18.4 Å². The molecule has 0 spiro atoms. The molecule has 24 heavy (non-hydrogen) atoms. The average Bonchev–Trinajstić information content (AvgIpc) is 2.49. The maximum absolute atomic E-state index is 4.81. The molecule has 132 valence electrons. The fourth-order valence-corrected chi connectivity index (χ4v) is 4.11. The first kappa shape index (κ1) is 16.4. The molecule has 3 fully saturated rings. The van der Waals surface area contributed by atoms with Crippen LogP contribution in [0.4, 0.5) is 0 Å². The summed E-state index contributed by atoms with van der Waals surface area (Å²) in [6.07, 6.45) is 5.85.